The van der Waals surface area contributed by atoms with E-state index in [0.717, 1.165) is 0 Å². The summed E-state index contributed by atoms with van der Waals surface area (Å²) in [6.45, 7) is 0.384. The van der Waals surface area contributed by atoms with Gasteiger partial charge < -0.3 is 14.8 Å². The second-order valence-corrected chi connectivity index (χ2v) is 3.22. The third-order valence-corrected chi connectivity index (χ3v) is 2.93. The molecule has 0 spiro atoms. The van der Waals surface area contributed by atoms with Gasteiger partial charge in [0, 0.05) is 14.2 Å². The van der Waals surface area contributed by atoms with Crippen LogP contribution in [0.1, 0.15) is 0 Å². The highest BCUT2D eigenvalue weighted by atomic mass is 79.9. The van der Waals surface area contributed by atoms with E-state index in [2.05, 4.69) is 21.2 Å². The molecule has 0 aromatic rings. The minimum absolute atomic E-state index is 0.103. The lowest BCUT2D eigenvalue weighted by molar-refractivity contribution is -0.186. The van der Waals surface area contributed by atoms with E-state index < -0.39 is 10.6 Å². The molecule has 4 nitrogen and oxygen atoms in total. The van der Waals surface area contributed by atoms with Gasteiger partial charge in [-0.3, -0.25) is 4.79 Å². The van der Waals surface area contributed by atoms with Gasteiger partial charge in [-0.2, -0.15) is 0 Å². The van der Waals surface area contributed by atoms with E-state index >= 15 is 0 Å². The largest absolute Gasteiger partial charge is 0.350 e. The molecule has 5 heteroatoms. The Morgan fingerprint density at radius 1 is 1.64 bits per heavy atom. The van der Waals surface area contributed by atoms with Gasteiger partial charge in [0.25, 0.3) is 0 Å². The molecule has 0 bridgehead atoms. The molecule has 1 fully saturated rings. The number of carbonyl (C=O) groups excluding carboxylic acids is 1. The van der Waals surface area contributed by atoms with Gasteiger partial charge in [0.05, 0.1) is 6.54 Å². The highest BCUT2D eigenvalue weighted by Crippen LogP contribution is 2.27. The van der Waals surface area contributed by atoms with Crippen LogP contribution in [0.25, 0.3) is 0 Å². The van der Waals surface area contributed by atoms with Crippen LogP contribution >= 0.6 is 15.9 Å². The number of amides is 1. The van der Waals surface area contributed by atoms with E-state index in [1.54, 1.807) is 0 Å². The van der Waals surface area contributed by atoms with Crippen LogP contribution in [-0.2, 0) is 14.3 Å². The zero-order valence-electron chi connectivity index (χ0n) is 6.39. The second kappa shape index (κ2) is 3.08. The summed E-state index contributed by atoms with van der Waals surface area (Å²) < 4.78 is 10.2. The van der Waals surface area contributed by atoms with E-state index in [4.69, 9.17) is 9.47 Å². The first-order chi connectivity index (χ1) is 5.16. The maximum Gasteiger partial charge on any atom is 0.239 e. The smallest absolute Gasteiger partial charge is 0.239 e. The summed E-state index contributed by atoms with van der Waals surface area (Å²) in [6, 6.07) is 0. The van der Waals surface area contributed by atoms with E-state index in [-0.39, 0.29) is 5.91 Å². The number of alkyl halides is 1. The van der Waals surface area contributed by atoms with E-state index in [1.165, 1.54) is 14.2 Å². The molecule has 0 radical (unpaired) electrons. The number of hydrogen-bond donors (Lipinski definition) is 1. The van der Waals surface area contributed by atoms with Gasteiger partial charge >= 0.3 is 0 Å². The van der Waals surface area contributed by atoms with Crippen molar-refractivity contribution in [3.63, 3.8) is 0 Å². The molecule has 1 rings (SSSR count). The van der Waals surface area contributed by atoms with Crippen molar-refractivity contribution in [3.8, 4) is 0 Å². The predicted octanol–water partition coefficient (Wildman–Crippen LogP) is -0.131. The van der Waals surface area contributed by atoms with Crippen LogP contribution in [0.15, 0.2) is 0 Å². The van der Waals surface area contributed by atoms with Gasteiger partial charge in [-0.1, -0.05) is 15.9 Å². The number of ether oxygens (including phenoxy) is 2. The highest BCUT2D eigenvalue weighted by Gasteiger charge is 2.48. The number of methoxy groups -OCH3 is 2. The molecular formula is C6H10BrNO3. The first kappa shape index (κ1) is 8.96. The standard InChI is InChI=1S/C6H10BrNO3/c1-10-6(11-2)3-8-5(9)4(6)7/h4H,3H2,1-2H3,(H,8,9). The Morgan fingerprint density at radius 2 is 2.18 bits per heavy atom. The van der Waals surface area contributed by atoms with Crippen LogP contribution < -0.4 is 5.32 Å². The first-order valence-electron chi connectivity index (χ1n) is 3.18. The lowest BCUT2D eigenvalue weighted by Gasteiger charge is -2.26. The van der Waals surface area contributed by atoms with Crippen molar-refractivity contribution in [2.45, 2.75) is 10.6 Å². The van der Waals surface area contributed by atoms with Gasteiger partial charge in [0.2, 0.25) is 11.7 Å². The van der Waals surface area contributed by atoms with Crippen LogP contribution in [0.2, 0.25) is 0 Å². The molecule has 1 amide bonds. The van der Waals surface area contributed by atoms with Crippen LogP contribution in [-0.4, -0.2) is 37.3 Å². The number of rotatable bonds is 2. The van der Waals surface area contributed by atoms with Crippen molar-refractivity contribution < 1.29 is 14.3 Å². The van der Waals surface area contributed by atoms with Crippen LogP contribution in [0.5, 0.6) is 0 Å². The summed E-state index contributed by atoms with van der Waals surface area (Å²) in [6.07, 6.45) is 0. The maximum atomic E-state index is 11.0. The van der Waals surface area contributed by atoms with Crippen LogP contribution in [0.3, 0.4) is 0 Å². The Morgan fingerprint density at radius 3 is 2.36 bits per heavy atom. The van der Waals surface area contributed by atoms with Gasteiger partial charge in [0.1, 0.15) is 4.83 Å². The summed E-state index contributed by atoms with van der Waals surface area (Å²) in [5.41, 5.74) is 0. The third kappa shape index (κ3) is 1.28. The van der Waals surface area contributed by atoms with Gasteiger partial charge in [0.15, 0.2) is 0 Å². The van der Waals surface area contributed by atoms with E-state index in [9.17, 15) is 4.79 Å². The maximum absolute atomic E-state index is 11.0. The minimum Gasteiger partial charge on any atom is -0.350 e. The summed E-state index contributed by atoms with van der Waals surface area (Å²) >= 11 is 3.19. The summed E-state index contributed by atoms with van der Waals surface area (Å²) in [5, 5.41) is 2.63. The first-order valence-corrected chi connectivity index (χ1v) is 4.10. The lowest BCUT2D eigenvalue weighted by Crippen LogP contribution is -2.43. The summed E-state index contributed by atoms with van der Waals surface area (Å²) in [4.78, 5) is 10.6. The second-order valence-electron chi connectivity index (χ2n) is 2.30. The van der Waals surface area contributed by atoms with E-state index in [1.807, 2.05) is 0 Å². The molecule has 1 saturated heterocycles. The molecule has 1 aliphatic heterocycles. The van der Waals surface area contributed by atoms with Gasteiger partial charge in [-0.15, -0.1) is 0 Å². The monoisotopic (exact) mass is 223 g/mol. The fourth-order valence-electron chi connectivity index (χ4n) is 1.02. The normalized spacial score (nSPS) is 28.6. The molecule has 0 aromatic heterocycles. The summed E-state index contributed by atoms with van der Waals surface area (Å²) in [7, 11) is 3.02. The molecule has 0 aliphatic carbocycles. The Hall–Kier alpha value is -0.130. The Balaban J connectivity index is 2.77. The molecular weight excluding hydrogens is 214 g/mol. The number of carbonyl (C=O) groups is 1. The Labute approximate surface area is 73.4 Å². The molecule has 0 aromatic carbocycles. The van der Waals surface area contributed by atoms with Crippen molar-refractivity contribution in [2.24, 2.45) is 0 Å². The molecule has 1 aliphatic rings. The van der Waals surface area contributed by atoms with Crippen molar-refractivity contribution in [1.29, 1.82) is 0 Å². The predicted molar refractivity (Wildman–Crippen MR) is 42.5 cm³/mol. The number of hydrogen-bond acceptors (Lipinski definition) is 3. The van der Waals surface area contributed by atoms with Crippen molar-refractivity contribution in [2.75, 3.05) is 20.8 Å². The third-order valence-electron chi connectivity index (χ3n) is 1.82. The number of nitrogens with one attached hydrogen (secondary N) is 1. The Bertz CT molecular complexity index is 169. The molecule has 1 unspecified atom stereocenters. The zero-order valence-corrected chi connectivity index (χ0v) is 7.97. The van der Waals surface area contributed by atoms with Gasteiger partial charge in [-0.25, -0.2) is 0 Å². The topological polar surface area (TPSA) is 47.6 Å². The molecule has 0 saturated carbocycles. The SMILES string of the molecule is COC1(OC)CNC(=O)C1Br. The van der Waals surface area contributed by atoms with E-state index in [0.29, 0.717) is 6.54 Å². The average Bonchev–Trinajstić information content (AvgIpc) is 2.32. The van der Waals surface area contributed by atoms with Crippen molar-refractivity contribution >= 4 is 21.8 Å². The molecule has 11 heavy (non-hydrogen) atoms. The summed E-state index contributed by atoms with van der Waals surface area (Å²) in [5.74, 6) is -0.939. The molecule has 1 heterocycles. The van der Waals surface area contributed by atoms with Crippen molar-refractivity contribution in [1.82, 2.24) is 5.32 Å². The highest BCUT2D eigenvalue weighted by molar-refractivity contribution is 9.10. The lowest BCUT2D eigenvalue weighted by atomic mass is 10.2. The van der Waals surface area contributed by atoms with Crippen LogP contribution in [0, 0.1) is 0 Å². The molecule has 1 atom stereocenters. The minimum atomic E-state index is -0.836. The number of halogens is 1. The van der Waals surface area contributed by atoms with Crippen molar-refractivity contribution in [3.05, 3.63) is 0 Å². The average molecular weight is 224 g/mol. The fraction of sp³-hybridized carbons (Fsp3) is 0.833. The molecule has 64 valence electrons. The van der Waals surface area contributed by atoms with Gasteiger partial charge in [-0.05, 0) is 0 Å². The fourth-order valence-corrected chi connectivity index (χ4v) is 1.72. The quantitative estimate of drug-likeness (QED) is 0.525. The van der Waals surface area contributed by atoms with Crippen LogP contribution in [0.4, 0.5) is 0 Å². The zero-order chi connectivity index (χ0) is 8.48. The Kier molecular flexibility index (Phi) is 2.51. The molecule has 1 N–H and O–H groups in total.